The van der Waals surface area contributed by atoms with Crippen molar-refractivity contribution in [3.8, 4) is 23.0 Å². The number of rotatable bonds is 13. The molecular formula is C28H31ClO5. The maximum Gasteiger partial charge on any atom is 0.309 e. The number of benzene rings is 3. The van der Waals surface area contributed by atoms with Crippen molar-refractivity contribution in [3.05, 3.63) is 82.9 Å². The van der Waals surface area contributed by atoms with Crippen LogP contribution in [0.25, 0.3) is 0 Å². The molecule has 0 aliphatic rings. The number of esters is 1. The first kappa shape index (κ1) is 25.4. The minimum atomic E-state index is -0.301. The van der Waals surface area contributed by atoms with Crippen LogP contribution in [0.15, 0.2) is 66.7 Å². The molecule has 0 spiro atoms. The van der Waals surface area contributed by atoms with E-state index < -0.39 is 0 Å². The Morgan fingerprint density at radius 1 is 0.853 bits per heavy atom. The van der Waals surface area contributed by atoms with Gasteiger partial charge in [0.2, 0.25) is 0 Å². The highest BCUT2D eigenvalue weighted by Crippen LogP contribution is 2.29. The van der Waals surface area contributed by atoms with E-state index in [2.05, 4.69) is 17.7 Å². The molecule has 0 aliphatic carbocycles. The Bertz CT molecular complexity index is 1050. The van der Waals surface area contributed by atoms with Gasteiger partial charge in [0.1, 0.15) is 23.0 Å². The van der Waals surface area contributed by atoms with Gasteiger partial charge in [-0.15, -0.1) is 0 Å². The summed E-state index contributed by atoms with van der Waals surface area (Å²) in [5, 5.41) is 0.486. The molecule has 5 nitrogen and oxygen atoms in total. The van der Waals surface area contributed by atoms with Gasteiger partial charge < -0.3 is 18.9 Å². The van der Waals surface area contributed by atoms with Gasteiger partial charge in [-0.2, -0.15) is 0 Å². The van der Waals surface area contributed by atoms with Crippen molar-refractivity contribution in [1.82, 2.24) is 0 Å². The SMILES string of the molecule is CCCc1cc(Oc2ccccc2)ccc1OCCCCOc1ccc(CC(=O)OC)cc1Cl. The summed E-state index contributed by atoms with van der Waals surface area (Å²) >= 11 is 6.28. The summed E-state index contributed by atoms with van der Waals surface area (Å²) in [6, 6.07) is 21.1. The van der Waals surface area contributed by atoms with Crippen molar-refractivity contribution in [2.45, 2.75) is 39.0 Å². The van der Waals surface area contributed by atoms with Crippen molar-refractivity contribution < 1.29 is 23.7 Å². The molecule has 0 amide bonds. The highest BCUT2D eigenvalue weighted by atomic mass is 35.5. The van der Waals surface area contributed by atoms with E-state index in [-0.39, 0.29) is 12.4 Å². The normalized spacial score (nSPS) is 10.6. The highest BCUT2D eigenvalue weighted by Gasteiger charge is 2.09. The average Bonchev–Trinajstić information content (AvgIpc) is 2.84. The summed E-state index contributed by atoms with van der Waals surface area (Å²) in [5.41, 5.74) is 1.94. The van der Waals surface area contributed by atoms with Gasteiger partial charge in [-0.05, 0) is 72.9 Å². The smallest absolute Gasteiger partial charge is 0.309 e. The topological polar surface area (TPSA) is 54.0 Å². The fourth-order valence-electron chi connectivity index (χ4n) is 3.43. The second-order valence-electron chi connectivity index (χ2n) is 7.86. The van der Waals surface area contributed by atoms with Crippen molar-refractivity contribution in [2.75, 3.05) is 20.3 Å². The Kier molecular flexibility index (Phi) is 10.1. The Hall–Kier alpha value is -3.18. The number of unbranched alkanes of at least 4 members (excludes halogenated alkanes) is 1. The second-order valence-corrected chi connectivity index (χ2v) is 8.26. The van der Waals surface area contributed by atoms with Crippen LogP contribution in [0.1, 0.15) is 37.3 Å². The van der Waals surface area contributed by atoms with Crippen molar-refractivity contribution in [1.29, 1.82) is 0 Å². The number of halogens is 1. The number of carbonyl (C=O) groups is 1. The van der Waals surface area contributed by atoms with Crippen LogP contribution in [0.4, 0.5) is 0 Å². The first-order valence-electron chi connectivity index (χ1n) is 11.6. The minimum absolute atomic E-state index is 0.188. The van der Waals surface area contributed by atoms with Gasteiger partial charge in [0, 0.05) is 0 Å². The van der Waals surface area contributed by atoms with E-state index in [0.29, 0.717) is 24.0 Å². The summed E-state index contributed by atoms with van der Waals surface area (Å²) in [6.07, 6.45) is 3.82. The van der Waals surface area contributed by atoms with E-state index in [4.69, 9.17) is 25.8 Å². The Morgan fingerprint density at radius 2 is 1.56 bits per heavy atom. The number of hydrogen-bond acceptors (Lipinski definition) is 5. The molecule has 3 aromatic carbocycles. The first-order chi connectivity index (χ1) is 16.6. The second kappa shape index (κ2) is 13.5. The number of para-hydroxylation sites is 1. The van der Waals surface area contributed by atoms with Crippen LogP contribution in [0.2, 0.25) is 5.02 Å². The van der Waals surface area contributed by atoms with Crippen LogP contribution in [-0.4, -0.2) is 26.3 Å². The van der Waals surface area contributed by atoms with E-state index in [0.717, 1.165) is 54.1 Å². The molecule has 0 heterocycles. The molecular weight excluding hydrogens is 452 g/mol. The van der Waals surface area contributed by atoms with Gasteiger partial charge in [-0.1, -0.05) is 49.2 Å². The standard InChI is InChI=1S/C28H31ClO5/c1-3-9-22-20-24(34-23-10-5-4-6-11-23)13-15-26(22)32-16-7-8-17-33-27-14-12-21(18-25(27)29)19-28(30)31-2/h4-6,10-15,18,20H,3,7-9,16-17,19H2,1-2H3. The van der Waals surface area contributed by atoms with E-state index in [1.54, 1.807) is 12.1 Å². The molecule has 0 radical (unpaired) electrons. The van der Waals surface area contributed by atoms with Crippen LogP contribution in [0.5, 0.6) is 23.0 Å². The molecule has 180 valence electrons. The molecule has 0 aliphatic heterocycles. The molecule has 6 heteroatoms. The Labute approximate surface area is 206 Å². The molecule has 3 aromatic rings. The first-order valence-corrected chi connectivity index (χ1v) is 11.9. The van der Waals surface area contributed by atoms with Crippen LogP contribution >= 0.6 is 11.6 Å². The van der Waals surface area contributed by atoms with Crippen molar-refractivity contribution >= 4 is 17.6 Å². The third-order valence-electron chi connectivity index (χ3n) is 5.16. The van der Waals surface area contributed by atoms with E-state index in [9.17, 15) is 4.79 Å². The number of aryl methyl sites for hydroxylation is 1. The van der Waals surface area contributed by atoms with Crippen molar-refractivity contribution in [3.63, 3.8) is 0 Å². The highest BCUT2D eigenvalue weighted by molar-refractivity contribution is 6.32. The summed E-state index contributed by atoms with van der Waals surface area (Å²) < 4.78 is 22.5. The number of carbonyl (C=O) groups excluding carboxylic acids is 1. The molecule has 0 unspecified atom stereocenters. The monoisotopic (exact) mass is 482 g/mol. The zero-order valence-corrected chi connectivity index (χ0v) is 20.5. The molecule has 0 saturated heterocycles. The quantitative estimate of drug-likeness (QED) is 0.193. The largest absolute Gasteiger partial charge is 0.493 e. The summed E-state index contributed by atoms with van der Waals surface area (Å²) in [6.45, 7) is 3.29. The fraction of sp³-hybridized carbons (Fsp3) is 0.321. The van der Waals surface area contributed by atoms with Gasteiger partial charge in [0.15, 0.2) is 0 Å². The van der Waals surface area contributed by atoms with Crippen LogP contribution < -0.4 is 14.2 Å². The van der Waals surface area contributed by atoms with Gasteiger partial charge >= 0.3 is 5.97 Å². The van der Waals surface area contributed by atoms with Crippen LogP contribution in [0.3, 0.4) is 0 Å². The van der Waals surface area contributed by atoms with Gasteiger partial charge in [0.05, 0.1) is 31.8 Å². The third-order valence-corrected chi connectivity index (χ3v) is 5.45. The predicted octanol–water partition coefficient (Wildman–Crippen LogP) is 7.04. The van der Waals surface area contributed by atoms with E-state index in [1.165, 1.54) is 7.11 Å². The Morgan fingerprint density at radius 3 is 2.24 bits per heavy atom. The lowest BCUT2D eigenvalue weighted by molar-refractivity contribution is -0.139. The molecule has 0 bridgehead atoms. The molecule has 0 saturated carbocycles. The lowest BCUT2D eigenvalue weighted by Crippen LogP contribution is -2.05. The third kappa shape index (κ3) is 7.99. The summed E-state index contributed by atoms with van der Waals surface area (Å²) in [7, 11) is 1.37. The van der Waals surface area contributed by atoms with E-state index in [1.807, 2.05) is 48.5 Å². The zero-order valence-electron chi connectivity index (χ0n) is 19.7. The fourth-order valence-corrected chi connectivity index (χ4v) is 3.69. The zero-order chi connectivity index (χ0) is 24.2. The average molecular weight is 483 g/mol. The van der Waals surface area contributed by atoms with Gasteiger partial charge in [-0.3, -0.25) is 4.79 Å². The molecule has 0 atom stereocenters. The molecule has 0 fully saturated rings. The lowest BCUT2D eigenvalue weighted by atomic mass is 10.1. The van der Waals surface area contributed by atoms with E-state index >= 15 is 0 Å². The lowest BCUT2D eigenvalue weighted by Gasteiger charge is -2.14. The maximum absolute atomic E-state index is 11.4. The predicted molar refractivity (Wildman–Crippen MR) is 134 cm³/mol. The number of hydrogen-bond donors (Lipinski definition) is 0. The summed E-state index contributed by atoms with van der Waals surface area (Å²) in [4.78, 5) is 11.4. The van der Waals surface area contributed by atoms with Crippen molar-refractivity contribution in [2.24, 2.45) is 0 Å². The molecule has 0 N–H and O–H groups in total. The number of methoxy groups -OCH3 is 1. The minimum Gasteiger partial charge on any atom is -0.493 e. The molecule has 3 rings (SSSR count). The van der Waals surface area contributed by atoms with Gasteiger partial charge in [0.25, 0.3) is 0 Å². The van der Waals surface area contributed by atoms with Crippen LogP contribution in [0, 0.1) is 0 Å². The van der Waals surface area contributed by atoms with Gasteiger partial charge in [-0.25, -0.2) is 0 Å². The molecule has 0 aromatic heterocycles. The number of ether oxygens (including phenoxy) is 4. The Balaban J connectivity index is 1.44. The molecule has 34 heavy (non-hydrogen) atoms. The maximum atomic E-state index is 11.4. The van der Waals surface area contributed by atoms with Crippen LogP contribution in [-0.2, 0) is 22.4 Å². The summed E-state index contributed by atoms with van der Waals surface area (Å²) in [5.74, 6) is 2.83.